The number of aliphatic carboxylic acids is 2. The second kappa shape index (κ2) is 12.2. The van der Waals surface area contributed by atoms with Crippen LogP contribution in [0.3, 0.4) is 0 Å². The predicted molar refractivity (Wildman–Crippen MR) is 99.5 cm³/mol. The van der Waals surface area contributed by atoms with Gasteiger partial charge in [0.05, 0.1) is 6.10 Å². The molecule has 0 heterocycles. The summed E-state index contributed by atoms with van der Waals surface area (Å²) < 4.78 is 0. The third kappa shape index (κ3) is 9.01. The van der Waals surface area contributed by atoms with Crippen molar-refractivity contribution in [3.05, 3.63) is 0 Å². The van der Waals surface area contributed by atoms with Gasteiger partial charge in [-0.15, -0.1) is 0 Å². The first-order valence-corrected chi connectivity index (χ1v) is 8.94. The van der Waals surface area contributed by atoms with Gasteiger partial charge in [0, 0.05) is 12.2 Å². The van der Waals surface area contributed by atoms with Gasteiger partial charge in [0.2, 0.25) is 17.7 Å². The number of nitrogens with one attached hydrogen (secondary N) is 3. The van der Waals surface area contributed by atoms with E-state index in [1.165, 1.54) is 13.8 Å². The van der Waals surface area contributed by atoms with E-state index in [1.807, 2.05) is 0 Å². The number of aliphatic hydroxyl groups is 1. The maximum atomic E-state index is 12.2. The lowest BCUT2D eigenvalue weighted by atomic mass is 10.1. The number of hydrogen-bond acceptors (Lipinski definition) is 8. The largest absolute Gasteiger partial charge is 0.481 e. The number of carboxylic acid groups (broad SMARTS) is 2. The Morgan fingerprint density at radius 3 is 1.89 bits per heavy atom. The number of thiol groups is 1. The van der Waals surface area contributed by atoms with Gasteiger partial charge in [-0.05, 0) is 20.3 Å². The summed E-state index contributed by atoms with van der Waals surface area (Å²) >= 11 is 3.93. The second-order valence-electron chi connectivity index (χ2n) is 6.07. The van der Waals surface area contributed by atoms with Crippen LogP contribution >= 0.6 is 12.6 Å². The molecular formula is C15H26N4O8S. The van der Waals surface area contributed by atoms with Crippen molar-refractivity contribution >= 4 is 42.3 Å². The van der Waals surface area contributed by atoms with Gasteiger partial charge in [0.25, 0.3) is 0 Å². The molecule has 0 radical (unpaired) electrons. The SMILES string of the molecule is CC(NC(=O)C(N)C(C)O)C(=O)NC(CS)C(=O)NC(CCC(=O)O)C(=O)O. The minimum atomic E-state index is -1.45. The van der Waals surface area contributed by atoms with Crippen LogP contribution < -0.4 is 21.7 Å². The zero-order valence-electron chi connectivity index (χ0n) is 15.4. The first-order chi connectivity index (χ1) is 12.9. The molecule has 0 spiro atoms. The first kappa shape index (κ1) is 25.6. The van der Waals surface area contributed by atoms with Crippen LogP contribution in [0.15, 0.2) is 0 Å². The van der Waals surface area contributed by atoms with Crippen molar-refractivity contribution in [1.82, 2.24) is 16.0 Å². The van der Waals surface area contributed by atoms with E-state index in [2.05, 4.69) is 28.6 Å². The molecule has 0 saturated heterocycles. The Balaban J connectivity index is 4.85. The molecule has 0 aliphatic carbocycles. The Kier molecular flexibility index (Phi) is 11.1. The summed E-state index contributed by atoms with van der Waals surface area (Å²) in [5, 5.41) is 33.7. The molecular weight excluding hydrogens is 396 g/mol. The van der Waals surface area contributed by atoms with Crippen molar-refractivity contribution in [3.8, 4) is 0 Å². The van der Waals surface area contributed by atoms with Crippen LogP contribution in [-0.2, 0) is 24.0 Å². The lowest BCUT2D eigenvalue weighted by Gasteiger charge is -2.23. The van der Waals surface area contributed by atoms with Gasteiger partial charge >= 0.3 is 11.9 Å². The molecule has 0 rings (SSSR count). The fourth-order valence-electron chi connectivity index (χ4n) is 1.88. The number of rotatable bonds is 12. The molecule has 5 atom stereocenters. The van der Waals surface area contributed by atoms with Gasteiger partial charge in [0.15, 0.2) is 0 Å². The molecule has 0 aromatic heterocycles. The molecule has 0 aromatic rings. The molecule has 0 aliphatic heterocycles. The average Bonchev–Trinajstić information content (AvgIpc) is 2.60. The number of carbonyl (C=O) groups excluding carboxylic acids is 3. The summed E-state index contributed by atoms with van der Waals surface area (Å²) in [6.45, 7) is 2.63. The lowest BCUT2D eigenvalue weighted by molar-refractivity contribution is -0.143. The standard InChI is InChI=1S/C15H26N4O8S/c1-6(17-14(25)11(16)7(2)20)12(23)19-9(5-28)13(24)18-8(15(26)27)3-4-10(21)22/h6-9,11,20,28H,3-5,16H2,1-2H3,(H,17,25)(H,18,24)(H,19,23)(H,21,22)(H,26,27). The van der Waals surface area contributed by atoms with Crippen LogP contribution in [0.1, 0.15) is 26.7 Å². The van der Waals surface area contributed by atoms with Crippen molar-refractivity contribution in [1.29, 1.82) is 0 Å². The van der Waals surface area contributed by atoms with E-state index >= 15 is 0 Å². The van der Waals surface area contributed by atoms with Crippen molar-refractivity contribution in [2.75, 3.05) is 5.75 Å². The molecule has 0 fully saturated rings. The molecule has 8 N–H and O–H groups in total. The quantitative estimate of drug-likeness (QED) is 0.151. The molecule has 0 bridgehead atoms. The topological polar surface area (TPSA) is 208 Å². The van der Waals surface area contributed by atoms with E-state index in [0.29, 0.717) is 0 Å². The van der Waals surface area contributed by atoms with E-state index in [0.717, 1.165) is 0 Å². The van der Waals surface area contributed by atoms with Crippen LogP contribution in [-0.4, -0.2) is 81.0 Å². The van der Waals surface area contributed by atoms with Gasteiger partial charge in [-0.2, -0.15) is 12.6 Å². The predicted octanol–water partition coefficient (Wildman–Crippen LogP) is -2.95. The molecule has 13 heteroatoms. The highest BCUT2D eigenvalue weighted by atomic mass is 32.1. The number of nitrogens with two attached hydrogens (primary N) is 1. The Morgan fingerprint density at radius 2 is 1.46 bits per heavy atom. The Bertz CT molecular complexity index is 601. The number of carbonyl (C=O) groups is 5. The van der Waals surface area contributed by atoms with Gasteiger partial charge < -0.3 is 37.0 Å². The molecule has 3 amide bonds. The Morgan fingerprint density at radius 1 is 0.929 bits per heavy atom. The highest BCUT2D eigenvalue weighted by Gasteiger charge is 2.28. The Labute approximate surface area is 166 Å². The average molecular weight is 422 g/mol. The molecule has 0 saturated carbocycles. The second-order valence-corrected chi connectivity index (χ2v) is 6.44. The van der Waals surface area contributed by atoms with Crippen molar-refractivity contribution in [3.63, 3.8) is 0 Å². The molecule has 28 heavy (non-hydrogen) atoms. The summed E-state index contributed by atoms with van der Waals surface area (Å²) in [5.74, 6) is -5.25. The zero-order chi connectivity index (χ0) is 22.0. The smallest absolute Gasteiger partial charge is 0.326 e. The van der Waals surface area contributed by atoms with Gasteiger partial charge in [0.1, 0.15) is 24.2 Å². The van der Waals surface area contributed by atoms with Crippen LogP contribution in [0.4, 0.5) is 0 Å². The van der Waals surface area contributed by atoms with Gasteiger partial charge in [-0.1, -0.05) is 0 Å². The number of carboxylic acids is 2. The first-order valence-electron chi connectivity index (χ1n) is 8.30. The third-order valence-electron chi connectivity index (χ3n) is 3.65. The number of amides is 3. The molecule has 160 valence electrons. The fraction of sp³-hybridized carbons (Fsp3) is 0.667. The normalized spacial score (nSPS) is 16.0. The van der Waals surface area contributed by atoms with Crippen LogP contribution in [0.25, 0.3) is 0 Å². The molecule has 12 nitrogen and oxygen atoms in total. The molecule has 5 unspecified atom stereocenters. The fourth-order valence-corrected chi connectivity index (χ4v) is 2.14. The van der Waals surface area contributed by atoms with Gasteiger partial charge in [-0.25, -0.2) is 4.79 Å². The van der Waals surface area contributed by atoms with E-state index in [1.54, 1.807) is 0 Å². The summed E-state index contributed by atoms with van der Waals surface area (Å²) in [4.78, 5) is 57.8. The van der Waals surface area contributed by atoms with Gasteiger partial charge in [-0.3, -0.25) is 19.2 Å². The summed E-state index contributed by atoms with van der Waals surface area (Å²) in [6, 6.07) is -5.03. The minimum absolute atomic E-state index is 0.184. The molecule has 0 aromatic carbocycles. The highest BCUT2D eigenvalue weighted by molar-refractivity contribution is 7.80. The van der Waals surface area contributed by atoms with Crippen molar-refractivity contribution in [2.45, 2.75) is 57.0 Å². The third-order valence-corrected chi connectivity index (χ3v) is 4.02. The summed E-state index contributed by atoms with van der Waals surface area (Å²) in [5.41, 5.74) is 5.45. The van der Waals surface area contributed by atoms with E-state index in [-0.39, 0.29) is 12.2 Å². The molecule has 0 aliphatic rings. The maximum Gasteiger partial charge on any atom is 0.326 e. The number of hydrogen-bond donors (Lipinski definition) is 8. The maximum absolute atomic E-state index is 12.2. The van der Waals surface area contributed by atoms with E-state index in [4.69, 9.17) is 15.9 Å². The van der Waals surface area contributed by atoms with Crippen LogP contribution in [0.2, 0.25) is 0 Å². The van der Waals surface area contributed by atoms with E-state index < -0.39 is 66.4 Å². The van der Waals surface area contributed by atoms with E-state index in [9.17, 15) is 29.1 Å². The summed E-state index contributed by atoms with van der Waals surface area (Å²) in [6.07, 6.45) is -1.94. The number of aliphatic hydroxyl groups excluding tert-OH is 1. The summed E-state index contributed by atoms with van der Waals surface area (Å²) in [7, 11) is 0. The lowest BCUT2D eigenvalue weighted by Crippen LogP contribution is -2.57. The zero-order valence-corrected chi connectivity index (χ0v) is 16.3. The highest BCUT2D eigenvalue weighted by Crippen LogP contribution is 2.01. The van der Waals surface area contributed by atoms with Crippen LogP contribution in [0.5, 0.6) is 0 Å². The van der Waals surface area contributed by atoms with Crippen molar-refractivity contribution in [2.24, 2.45) is 5.73 Å². The monoisotopic (exact) mass is 422 g/mol. The minimum Gasteiger partial charge on any atom is -0.481 e. The Hall–Kier alpha value is -2.38. The van der Waals surface area contributed by atoms with Crippen molar-refractivity contribution < 1.29 is 39.3 Å². The van der Waals surface area contributed by atoms with Crippen LogP contribution in [0, 0.1) is 0 Å².